The molecule has 0 radical (unpaired) electrons. The van der Waals surface area contributed by atoms with E-state index in [1.165, 1.54) is 22.5 Å². The Hall–Kier alpha value is -2.21. The largest absolute Gasteiger partial charge is 0.342 e. The summed E-state index contributed by atoms with van der Waals surface area (Å²) in [5.74, 6) is -0.0819. The summed E-state index contributed by atoms with van der Waals surface area (Å²) in [4.78, 5) is 30.8. The number of thiazole rings is 1. The first kappa shape index (κ1) is 18.6. The summed E-state index contributed by atoms with van der Waals surface area (Å²) in [6.07, 6.45) is 2.17. The monoisotopic (exact) mass is 371 g/mol. The van der Waals surface area contributed by atoms with Gasteiger partial charge in [-0.3, -0.25) is 9.59 Å². The second-order valence-electron chi connectivity index (χ2n) is 6.86. The number of piperidine rings is 1. The molecule has 2 aromatic rings. The predicted octanol–water partition coefficient (Wildman–Crippen LogP) is 4.01. The summed E-state index contributed by atoms with van der Waals surface area (Å²) >= 11 is 1.43. The van der Waals surface area contributed by atoms with Crippen LogP contribution in [-0.2, 0) is 9.59 Å². The number of nitrogens with one attached hydrogen (secondary N) is 1. The molecule has 0 aliphatic carbocycles. The van der Waals surface area contributed by atoms with Crippen LogP contribution in [-0.4, -0.2) is 34.8 Å². The van der Waals surface area contributed by atoms with Gasteiger partial charge in [0.25, 0.3) is 0 Å². The molecule has 1 aromatic heterocycles. The van der Waals surface area contributed by atoms with Crippen molar-refractivity contribution in [1.82, 2.24) is 9.88 Å². The lowest BCUT2D eigenvalue weighted by Crippen LogP contribution is -2.43. The van der Waals surface area contributed by atoms with Crippen LogP contribution in [0, 0.1) is 19.8 Å². The van der Waals surface area contributed by atoms with Gasteiger partial charge in [0.2, 0.25) is 11.8 Å². The number of amides is 2. The number of likely N-dealkylation sites (tertiary alicyclic amines) is 1. The first-order valence-corrected chi connectivity index (χ1v) is 9.97. The molecule has 1 N–H and O–H groups in total. The molecule has 1 atom stereocenters. The van der Waals surface area contributed by atoms with E-state index in [1.54, 1.807) is 4.90 Å². The van der Waals surface area contributed by atoms with Crippen LogP contribution in [0.25, 0.3) is 11.3 Å². The van der Waals surface area contributed by atoms with E-state index in [2.05, 4.69) is 42.3 Å². The summed E-state index contributed by atoms with van der Waals surface area (Å²) in [5.41, 5.74) is 4.41. The van der Waals surface area contributed by atoms with Gasteiger partial charge in [0, 0.05) is 30.5 Å². The van der Waals surface area contributed by atoms with Crippen molar-refractivity contribution in [2.75, 3.05) is 18.4 Å². The van der Waals surface area contributed by atoms with Gasteiger partial charge in [0.15, 0.2) is 5.13 Å². The number of rotatable bonds is 4. The molecule has 138 valence electrons. The van der Waals surface area contributed by atoms with Crippen LogP contribution in [0.2, 0.25) is 0 Å². The quantitative estimate of drug-likeness (QED) is 0.883. The zero-order valence-corrected chi connectivity index (χ0v) is 16.4. The number of anilines is 1. The fraction of sp³-hybridized carbons (Fsp3) is 0.450. The van der Waals surface area contributed by atoms with Crippen molar-refractivity contribution in [3.8, 4) is 11.3 Å². The first-order chi connectivity index (χ1) is 12.5. The van der Waals surface area contributed by atoms with Crippen molar-refractivity contribution in [3.63, 3.8) is 0 Å². The van der Waals surface area contributed by atoms with E-state index >= 15 is 0 Å². The lowest BCUT2D eigenvalue weighted by atomic mass is 9.97. The van der Waals surface area contributed by atoms with Crippen molar-refractivity contribution in [3.05, 3.63) is 34.7 Å². The third-order valence-corrected chi connectivity index (χ3v) is 5.74. The van der Waals surface area contributed by atoms with Crippen molar-refractivity contribution in [2.45, 2.75) is 40.0 Å². The topological polar surface area (TPSA) is 62.3 Å². The molecule has 2 amide bonds. The molecule has 1 fully saturated rings. The highest BCUT2D eigenvalue weighted by Gasteiger charge is 2.28. The highest BCUT2D eigenvalue weighted by molar-refractivity contribution is 7.14. The van der Waals surface area contributed by atoms with Crippen molar-refractivity contribution < 1.29 is 9.59 Å². The van der Waals surface area contributed by atoms with Gasteiger partial charge in [-0.1, -0.05) is 19.1 Å². The van der Waals surface area contributed by atoms with Gasteiger partial charge in [-0.2, -0.15) is 0 Å². The number of carbonyl (C=O) groups is 2. The van der Waals surface area contributed by atoms with E-state index < -0.39 is 0 Å². The van der Waals surface area contributed by atoms with Gasteiger partial charge < -0.3 is 10.2 Å². The molecule has 0 bridgehead atoms. The van der Waals surface area contributed by atoms with Gasteiger partial charge in [0.1, 0.15) is 0 Å². The maximum absolute atomic E-state index is 12.6. The smallest absolute Gasteiger partial charge is 0.231 e. The molecule has 1 aromatic carbocycles. The SMILES string of the molecule is CCC(=O)N1CCCC(C(=O)Nc2nc(-c3ccc(C)c(C)c3)cs2)C1. The maximum Gasteiger partial charge on any atom is 0.231 e. The van der Waals surface area contributed by atoms with Crippen LogP contribution in [0.3, 0.4) is 0 Å². The highest BCUT2D eigenvalue weighted by Crippen LogP contribution is 2.27. The van der Waals surface area contributed by atoms with Crippen LogP contribution < -0.4 is 5.32 Å². The third kappa shape index (κ3) is 4.12. The molecule has 6 heteroatoms. The van der Waals surface area contributed by atoms with E-state index in [0.717, 1.165) is 30.6 Å². The summed E-state index contributed by atoms with van der Waals surface area (Å²) in [7, 11) is 0. The minimum atomic E-state index is -0.159. The number of aryl methyl sites for hydroxylation is 2. The Morgan fingerprint density at radius 3 is 2.85 bits per heavy atom. The minimum Gasteiger partial charge on any atom is -0.342 e. The Balaban J connectivity index is 1.66. The zero-order chi connectivity index (χ0) is 18.7. The van der Waals surface area contributed by atoms with E-state index in [1.807, 2.05) is 12.3 Å². The molecule has 1 aliphatic rings. The minimum absolute atomic E-state index is 0.0420. The average Bonchev–Trinajstić information content (AvgIpc) is 3.11. The molecular formula is C20H25N3O2S. The van der Waals surface area contributed by atoms with Crippen LogP contribution in [0.1, 0.15) is 37.3 Å². The fourth-order valence-electron chi connectivity index (χ4n) is 3.21. The Bertz CT molecular complexity index is 815. The molecule has 2 heterocycles. The number of benzene rings is 1. The fourth-order valence-corrected chi connectivity index (χ4v) is 3.94. The van der Waals surface area contributed by atoms with E-state index in [4.69, 9.17) is 0 Å². The van der Waals surface area contributed by atoms with E-state index in [0.29, 0.717) is 18.1 Å². The predicted molar refractivity (Wildman–Crippen MR) is 105 cm³/mol. The van der Waals surface area contributed by atoms with Gasteiger partial charge in [-0.05, 0) is 43.9 Å². The summed E-state index contributed by atoms with van der Waals surface area (Å²) < 4.78 is 0. The summed E-state index contributed by atoms with van der Waals surface area (Å²) in [5, 5.41) is 5.51. The molecular weight excluding hydrogens is 346 g/mol. The molecule has 3 rings (SSSR count). The van der Waals surface area contributed by atoms with Crippen LogP contribution in [0.5, 0.6) is 0 Å². The van der Waals surface area contributed by atoms with Crippen molar-refractivity contribution >= 4 is 28.3 Å². The van der Waals surface area contributed by atoms with Crippen LogP contribution in [0.4, 0.5) is 5.13 Å². The van der Waals surface area contributed by atoms with E-state index in [9.17, 15) is 9.59 Å². The first-order valence-electron chi connectivity index (χ1n) is 9.09. The molecule has 26 heavy (non-hydrogen) atoms. The van der Waals surface area contributed by atoms with E-state index in [-0.39, 0.29) is 17.7 Å². The average molecular weight is 372 g/mol. The summed E-state index contributed by atoms with van der Waals surface area (Å²) in [6, 6.07) is 6.26. The molecule has 0 saturated carbocycles. The highest BCUT2D eigenvalue weighted by atomic mass is 32.1. The number of carbonyl (C=O) groups excluding carboxylic acids is 2. The normalized spacial score (nSPS) is 17.2. The Morgan fingerprint density at radius 1 is 1.31 bits per heavy atom. The maximum atomic E-state index is 12.6. The standard InChI is InChI=1S/C20H25N3O2S/c1-4-18(24)23-9-5-6-16(11-23)19(25)22-20-21-17(12-26-20)15-8-7-13(2)14(3)10-15/h7-8,10,12,16H,4-6,9,11H2,1-3H3,(H,21,22,25). The number of hydrogen-bond acceptors (Lipinski definition) is 4. The van der Waals surface area contributed by atoms with Crippen LogP contribution in [0.15, 0.2) is 23.6 Å². The number of nitrogens with zero attached hydrogens (tertiary/aromatic N) is 2. The summed E-state index contributed by atoms with van der Waals surface area (Å²) in [6.45, 7) is 7.29. The number of aromatic nitrogens is 1. The lowest BCUT2D eigenvalue weighted by Gasteiger charge is -2.31. The second kappa shape index (κ2) is 7.99. The Morgan fingerprint density at radius 2 is 2.12 bits per heavy atom. The van der Waals surface area contributed by atoms with Gasteiger partial charge in [0.05, 0.1) is 11.6 Å². The molecule has 1 aliphatic heterocycles. The third-order valence-electron chi connectivity index (χ3n) is 4.98. The molecule has 0 spiro atoms. The molecule has 5 nitrogen and oxygen atoms in total. The molecule has 1 unspecified atom stereocenters. The van der Waals surface area contributed by atoms with Crippen LogP contribution >= 0.6 is 11.3 Å². The Kier molecular flexibility index (Phi) is 5.71. The zero-order valence-electron chi connectivity index (χ0n) is 15.5. The van der Waals surface area contributed by atoms with Crippen molar-refractivity contribution in [2.24, 2.45) is 5.92 Å². The van der Waals surface area contributed by atoms with Gasteiger partial charge in [-0.15, -0.1) is 11.3 Å². The van der Waals surface area contributed by atoms with Gasteiger partial charge >= 0.3 is 0 Å². The second-order valence-corrected chi connectivity index (χ2v) is 7.72. The lowest BCUT2D eigenvalue weighted by molar-refractivity contribution is -0.134. The Labute approximate surface area is 158 Å². The number of hydrogen-bond donors (Lipinski definition) is 1. The molecule has 1 saturated heterocycles. The van der Waals surface area contributed by atoms with Gasteiger partial charge in [-0.25, -0.2) is 4.98 Å². The van der Waals surface area contributed by atoms with Crippen molar-refractivity contribution in [1.29, 1.82) is 0 Å².